The Morgan fingerprint density at radius 1 is 1.57 bits per heavy atom. The summed E-state index contributed by atoms with van der Waals surface area (Å²) in [5.41, 5.74) is 5.80. The number of sulfonamides is 1. The van der Waals surface area contributed by atoms with Crippen molar-refractivity contribution in [2.45, 2.75) is 18.9 Å². The molecule has 1 saturated heterocycles. The fraction of sp³-hybridized carbons (Fsp3) is 1.00. The van der Waals surface area contributed by atoms with E-state index in [0.717, 1.165) is 32.5 Å². The molecule has 0 bridgehead atoms. The van der Waals surface area contributed by atoms with Gasteiger partial charge in [-0.25, -0.2) is 13.1 Å². The molecule has 1 aliphatic heterocycles. The highest BCUT2D eigenvalue weighted by molar-refractivity contribution is 7.88. The molecule has 1 heterocycles. The van der Waals surface area contributed by atoms with E-state index in [1.807, 2.05) is 0 Å². The van der Waals surface area contributed by atoms with Crippen LogP contribution in [0.3, 0.4) is 0 Å². The van der Waals surface area contributed by atoms with Gasteiger partial charge in [0.15, 0.2) is 0 Å². The Hall–Kier alpha value is -0.170. The topological polar surface area (TPSA) is 75.4 Å². The van der Waals surface area contributed by atoms with Crippen LogP contribution in [-0.2, 0) is 10.0 Å². The lowest BCUT2D eigenvalue weighted by atomic mass is 10.1. The molecule has 3 N–H and O–H groups in total. The first-order valence-electron chi connectivity index (χ1n) is 4.90. The Labute approximate surface area is 85.7 Å². The monoisotopic (exact) mass is 221 g/mol. The van der Waals surface area contributed by atoms with E-state index in [4.69, 9.17) is 5.73 Å². The van der Waals surface area contributed by atoms with Crippen LogP contribution in [0.15, 0.2) is 0 Å². The molecule has 1 aliphatic rings. The molecule has 0 aromatic heterocycles. The van der Waals surface area contributed by atoms with Gasteiger partial charge in [-0.2, -0.15) is 0 Å². The number of piperidine rings is 1. The third-order valence-electron chi connectivity index (χ3n) is 2.33. The number of rotatable bonds is 4. The highest BCUT2D eigenvalue weighted by Gasteiger charge is 2.15. The molecule has 84 valence electrons. The van der Waals surface area contributed by atoms with E-state index < -0.39 is 10.0 Å². The molecule has 0 saturated carbocycles. The summed E-state index contributed by atoms with van der Waals surface area (Å²) in [7, 11) is -3.05. The molecule has 1 atom stereocenters. The summed E-state index contributed by atoms with van der Waals surface area (Å²) < 4.78 is 24.0. The van der Waals surface area contributed by atoms with Crippen molar-refractivity contribution >= 4 is 10.0 Å². The Morgan fingerprint density at radius 3 is 2.86 bits per heavy atom. The Kier molecular flexibility index (Phi) is 4.31. The van der Waals surface area contributed by atoms with Gasteiger partial charge in [-0.3, -0.25) is 0 Å². The Bertz CT molecular complexity index is 266. The zero-order valence-corrected chi connectivity index (χ0v) is 9.39. The molecule has 1 fully saturated rings. The summed E-state index contributed by atoms with van der Waals surface area (Å²) in [5.74, 6) is 0. The minimum Gasteiger partial charge on any atom is -0.327 e. The van der Waals surface area contributed by atoms with Crippen molar-refractivity contribution in [1.82, 2.24) is 9.62 Å². The maximum Gasteiger partial charge on any atom is 0.208 e. The minimum absolute atomic E-state index is 0.252. The molecule has 1 unspecified atom stereocenters. The molecule has 0 amide bonds. The Balaban J connectivity index is 2.18. The first-order valence-corrected chi connectivity index (χ1v) is 6.79. The SMILES string of the molecule is CS(=O)(=O)NCCN1CCCC(N)C1. The van der Waals surface area contributed by atoms with Gasteiger partial charge in [0.2, 0.25) is 10.0 Å². The lowest BCUT2D eigenvalue weighted by Gasteiger charge is -2.30. The highest BCUT2D eigenvalue weighted by atomic mass is 32.2. The molecule has 0 radical (unpaired) electrons. The van der Waals surface area contributed by atoms with Crippen molar-refractivity contribution in [3.05, 3.63) is 0 Å². The quantitative estimate of drug-likeness (QED) is 0.636. The maximum atomic E-state index is 10.8. The average Bonchev–Trinajstić information content (AvgIpc) is 2.01. The van der Waals surface area contributed by atoms with Crippen LogP contribution in [0.5, 0.6) is 0 Å². The molecular formula is C8H19N3O2S. The number of nitrogens with one attached hydrogen (secondary N) is 1. The van der Waals surface area contributed by atoms with E-state index in [0.29, 0.717) is 6.54 Å². The first kappa shape index (κ1) is 11.9. The average molecular weight is 221 g/mol. The van der Waals surface area contributed by atoms with Crippen LogP contribution >= 0.6 is 0 Å². The van der Waals surface area contributed by atoms with Gasteiger partial charge in [-0.1, -0.05) is 0 Å². The van der Waals surface area contributed by atoms with Crippen LogP contribution < -0.4 is 10.5 Å². The van der Waals surface area contributed by atoms with Gasteiger partial charge in [-0.15, -0.1) is 0 Å². The van der Waals surface area contributed by atoms with Crippen molar-refractivity contribution in [1.29, 1.82) is 0 Å². The molecule has 1 rings (SSSR count). The zero-order valence-electron chi connectivity index (χ0n) is 8.57. The third kappa shape index (κ3) is 4.90. The van der Waals surface area contributed by atoms with Crippen molar-refractivity contribution in [2.24, 2.45) is 5.73 Å². The van der Waals surface area contributed by atoms with Gasteiger partial charge in [0.1, 0.15) is 0 Å². The lowest BCUT2D eigenvalue weighted by molar-refractivity contribution is 0.213. The second kappa shape index (κ2) is 5.06. The number of hydrogen-bond donors (Lipinski definition) is 2. The van der Waals surface area contributed by atoms with Gasteiger partial charge in [0.05, 0.1) is 6.26 Å². The van der Waals surface area contributed by atoms with E-state index in [1.54, 1.807) is 0 Å². The van der Waals surface area contributed by atoms with Crippen LogP contribution in [0, 0.1) is 0 Å². The number of hydrogen-bond acceptors (Lipinski definition) is 4. The van der Waals surface area contributed by atoms with Gasteiger partial charge in [0.25, 0.3) is 0 Å². The predicted molar refractivity (Wildman–Crippen MR) is 56.5 cm³/mol. The van der Waals surface area contributed by atoms with Crippen LogP contribution in [0.2, 0.25) is 0 Å². The highest BCUT2D eigenvalue weighted by Crippen LogP contribution is 2.06. The second-order valence-electron chi connectivity index (χ2n) is 3.87. The molecule has 0 aromatic carbocycles. The van der Waals surface area contributed by atoms with Crippen molar-refractivity contribution in [2.75, 3.05) is 32.4 Å². The van der Waals surface area contributed by atoms with Gasteiger partial charge < -0.3 is 10.6 Å². The summed E-state index contributed by atoms with van der Waals surface area (Å²) in [6.07, 6.45) is 3.37. The van der Waals surface area contributed by atoms with Crippen LogP contribution in [0.25, 0.3) is 0 Å². The maximum absolute atomic E-state index is 10.8. The third-order valence-corrected chi connectivity index (χ3v) is 3.06. The normalized spacial score (nSPS) is 25.1. The minimum atomic E-state index is -3.05. The second-order valence-corrected chi connectivity index (χ2v) is 5.70. The van der Waals surface area contributed by atoms with Gasteiger partial charge in [0, 0.05) is 25.7 Å². The lowest BCUT2D eigenvalue weighted by Crippen LogP contribution is -2.45. The summed E-state index contributed by atoms with van der Waals surface area (Å²) in [6, 6.07) is 0.252. The van der Waals surface area contributed by atoms with Gasteiger partial charge >= 0.3 is 0 Å². The van der Waals surface area contributed by atoms with Crippen LogP contribution in [0.4, 0.5) is 0 Å². The van der Waals surface area contributed by atoms with E-state index >= 15 is 0 Å². The molecule has 0 spiro atoms. The van der Waals surface area contributed by atoms with Crippen molar-refractivity contribution in [3.63, 3.8) is 0 Å². The van der Waals surface area contributed by atoms with E-state index in [-0.39, 0.29) is 6.04 Å². The fourth-order valence-corrected chi connectivity index (χ4v) is 2.15. The largest absolute Gasteiger partial charge is 0.327 e. The number of likely N-dealkylation sites (tertiary alicyclic amines) is 1. The zero-order chi connectivity index (χ0) is 10.6. The smallest absolute Gasteiger partial charge is 0.208 e. The van der Waals surface area contributed by atoms with Crippen molar-refractivity contribution in [3.8, 4) is 0 Å². The Morgan fingerprint density at radius 2 is 2.29 bits per heavy atom. The molecule has 0 aromatic rings. The summed E-state index contributed by atoms with van der Waals surface area (Å²) in [5, 5.41) is 0. The van der Waals surface area contributed by atoms with E-state index in [9.17, 15) is 8.42 Å². The molecule has 6 heteroatoms. The molecule has 0 aliphatic carbocycles. The summed E-state index contributed by atoms with van der Waals surface area (Å²) in [6.45, 7) is 3.14. The van der Waals surface area contributed by atoms with Crippen LogP contribution in [-0.4, -0.2) is 51.8 Å². The molecule has 5 nitrogen and oxygen atoms in total. The number of nitrogens with zero attached hydrogens (tertiary/aromatic N) is 1. The van der Waals surface area contributed by atoms with E-state index in [2.05, 4.69) is 9.62 Å². The van der Waals surface area contributed by atoms with Crippen LogP contribution in [0.1, 0.15) is 12.8 Å². The predicted octanol–water partition coefficient (Wildman–Crippen LogP) is -1.04. The van der Waals surface area contributed by atoms with E-state index in [1.165, 1.54) is 6.26 Å². The molecule has 14 heavy (non-hydrogen) atoms. The number of nitrogens with two attached hydrogens (primary N) is 1. The molecular weight excluding hydrogens is 202 g/mol. The first-order chi connectivity index (χ1) is 6.47. The standard InChI is InChI=1S/C8H19N3O2S/c1-14(12,13)10-4-6-11-5-2-3-8(9)7-11/h8,10H,2-7,9H2,1H3. The van der Waals surface area contributed by atoms with Crippen molar-refractivity contribution < 1.29 is 8.42 Å². The summed E-state index contributed by atoms with van der Waals surface area (Å²) >= 11 is 0. The van der Waals surface area contributed by atoms with Gasteiger partial charge in [-0.05, 0) is 19.4 Å². The fourth-order valence-electron chi connectivity index (χ4n) is 1.68. The summed E-state index contributed by atoms with van der Waals surface area (Å²) in [4.78, 5) is 2.20.